The zero-order valence-electron chi connectivity index (χ0n) is 11.6. The lowest BCUT2D eigenvalue weighted by molar-refractivity contribution is 0.559. The Morgan fingerprint density at radius 3 is 2.76 bits per heavy atom. The van der Waals surface area contributed by atoms with E-state index in [4.69, 9.17) is 0 Å². The van der Waals surface area contributed by atoms with Gasteiger partial charge in [0.1, 0.15) is 17.5 Å². The van der Waals surface area contributed by atoms with Crippen LogP contribution >= 0.6 is 0 Å². The molecule has 0 amide bonds. The molecule has 0 atom stereocenters. The molecule has 1 aromatic heterocycles. The van der Waals surface area contributed by atoms with Gasteiger partial charge in [-0.1, -0.05) is 6.07 Å². The summed E-state index contributed by atoms with van der Waals surface area (Å²) >= 11 is 0. The number of aromatic amines is 1. The molecule has 5 nitrogen and oxygen atoms in total. The number of hydrogen-bond acceptors (Lipinski definition) is 4. The van der Waals surface area contributed by atoms with Crippen LogP contribution in [0.4, 0.5) is 14.7 Å². The van der Waals surface area contributed by atoms with Crippen LogP contribution in [0.2, 0.25) is 0 Å². The number of anilines is 1. The van der Waals surface area contributed by atoms with E-state index < -0.39 is 11.6 Å². The number of benzene rings is 1. The number of H-pyrrole nitrogens is 1. The van der Waals surface area contributed by atoms with Crippen molar-refractivity contribution >= 4 is 5.95 Å². The molecule has 21 heavy (non-hydrogen) atoms. The minimum Gasteiger partial charge on any atom is -0.338 e. The van der Waals surface area contributed by atoms with Crippen molar-refractivity contribution in [1.29, 1.82) is 0 Å². The van der Waals surface area contributed by atoms with Crippen LogP contribution in [0.3, 0.4) is 0 Å². The molecule has 0 spiro atoms. The summed E-state index contributed by atoms with van der Waals surface area (Å²) in [6.45, 7) is 3.56. The maximum absolute atomic E-state index is 13.6. The maximum atomic E-state index is 13.6. The van der Waals surface area contributed by atoms with Crippen molar-refractivity contribution in [1.82, 2.24) is 20.5 Å². The molecule has 3 rings (SSSR count). The molecule has 0 radical (unpaired) electrons. The van der Waals surface area contributed by atoms with Crippen LogP contribution in [0.15, 0.2) is 18.2 Å². The van der Waals surface area contributed by atoms with Gasteiger partial charge in [0.2, 0.25) is 5.95 Å². The van der Waals surface area contributed by atoms with Crippen molar-refractivity contribution in [2.75, 3.05) is 31.1 Å². The Hall–Kier alpha value is -2.02. The summed E-state index contributed by atoms with van der Waals surface area (Å²) < 4.78 is 27.3. The number of rotatable bonds is 3. The zero-order valence-corrected chi connectivity index (χ0v) is 11.6. The first-order valence-electron chi connectivity index (χ1n) is 7.04. The predicted molar refractivity (Wildman–Crippen MR) is 75.2 cm³/mol. The molecule has 0 aliphatic carbocycles. The fourth-order valence-corrected chi connectivity index (χ4v) is 2.42. The average Bonchev–Trinajstić information content (AvgIpc) is 2.76. The van der Waals surface area contributed by atoms with Gasteiger partial charge in [0.05, 0.1) is 0 Å². The number of halogens is 2. The lowest BCUT2D eigenvalue weighted by atomic mass is 10.1. The average molecular weight is 293 g/mol. The van der Waals surface area contributed by atoms with Gasteiger partial charge in [-0.25, -0.2) is 8.78 Å². The molecule has 0 saturated carbocycles. The van der Waals surface area contributed by atoms with Crippen LogP contribution in [0, 0.1) is 11.6 Å². The van der Waals surface area contributed by atoms with E-state index in [1.54, 1.807) is 0 Å². The number of nitrogens with one attached hydrogen (secondary N) is 2. The fourth-order valence-electron chi connectivity index (χ4n) is 2.42. The van der Waals surface area contributed by atoms with Crippen LogP contribution in [-0.4, -0.2) is 41.4 Å². The van der Waals surface area contributed by atoms with E-state index >= 15 is 0 Å². The van der Waals surface area contributed by atoms with Crippen molar-refractivity contribution in [3.63, 3.8) is 0 Å². The maximum Gasteiger partial charge on any atom is 0.244 e. The van der Waals surface area contributed by atoms with Crippen LogP contribution < -0.4 is 10.2 Å². The van der Waals surface area contributed by atoms with Gasteiger partial charge in [-0.2, -0.15) is 4.98 Å². The van der Waals surface area contributed by atoms with Gasteiger partial charge in [-0.3, -0.25) is 5.10 Å². The predicted octanol–water partition coefficient (Wildman–Crippen LogP) is 1.47. The number of nitrogens with zero attached hydrogens (tertiary/aromatic N) is 3. The summed E-state index contributed by atoms with van der Waals surface area (Å²) in [6.07, 6.45) is 1.09. The minimum absolute atomic E-state index is 0.0118. The second kappa shape index (κ2) is 6.17. The molecule has 1 saturated heterocycles. The van der Waals surface area contributed by atoms with E-state index in [1.165, 1.54) is 18.2 Å². The highest BCUT2D eigenvalue weighted by atomic mass is 19.1. The van der Waals surface area contributed by atoms with E-state index in [0.717, 1.165) is 32.6 Å². The van der Waals surface area contributed by atoms with Crippen LogP contribution in [0.5, 0.6) is 0 Å². The standard InChI is InChI=1S/C14H17F2N5/c15-11-3-1-4-12(16)10(11)9-13-18-14(20-19-13)21-7-2-5-17-6-8-21/h1,3-4,17H,2,5-9H2,(H,18,19,20). The molecular weight excluding hydrogens is 276 g/mol. The summed E-state index contributed by atoms with van der Waals surface area (Å²) in [6, 6.07) is 3.84. The Morgan fingerprint density at radius 2 is 1.95 bits per heavy atom. The molecule has 2 N–H and O–H groups in total. The third kappa shape index (κ3) is 3.18. The first-order valence-corrected chi connectivity index (χ1v) is 7.04. The Labute approximate surface area is 121 Å². The second-order valence-corrected chi connectivity index (χ2v) is 5.05. The highest BCUT2D eigenvalue weighted by Crippen LogP contribution is 2.16. The van der Waals surface area contributed by atoms with Crippen LogP contribution in [-0.2, 0) is 6.42 Å². The lowest BCUT2D eigenvalue weighted by Crippen LogP contribution is -2.28. The number of aromatic nitrogens is 3. The molecule has 0 bridgehead atoms. The van der Waals surface area contributed by atoms with Gasteiger partial charge in [-0.05, 0) is 25.1 Å². The third-order valence-corrected chi connectivity index (χ3v) is 3.55. The van der Waals surface area contributed by atoms with Gasteiger partial charge in [0.15, 0.2) is 0 Å². The normalized spacial score (nSPS) is 16.0. The van der Waals surface area contributed by atoms with Gasteiger partial charge in [0, 0.05) is 31.6 Å². The largest absolute Gasteiger partial charge is 0.338 e. The van der Waals surface area contributed by atoms with Gasteiger partial charge >= 0.3 is 0 Å². The fraction of sp³-hybridized carbons (Fsp3) is 0.429. The molecule has 1 aromatic carbocycles. The molecule has 1 fully saturated rings. The molecule has 7 heteroatoms. The van der Waals surface area contributed by atoms with Crippen molar-refractivity contribution in [2.24, 2.45) is 0 Å². The van der Waals surface area contributed by atoms with Gasteiger partial charge in [-0.15, -0.1) is 5.10 Å². The molecule has 1 aliphatic rings. The third-order valence-electron chi connectivity index (χ3n) is 3.55. The first-order chi connectivity index (χ1) is 10.2. The monoisotopic (exact) mass is 293 g/mol. The summed E-state index contributed by atoms with van der Waals surface area (Å²) in [4.78, 5) is 6.42. The first kappa shape index (κ1) is 13.9. The van der Waals surface area contributed by atoms with E-state index in [0.29, 0.717) is 11.8 Å². The van der Waals surface area contributed by atoms with E-state index in [9.17, 15) is 8.78 Å². The van der Waals surface area contributed by atoms with Crippen molar-refractivity contribution in [3.8, 4) is 0 Å². The molecule has 1 aliphatic heterocycles. The van der Waals surface area contributed by atoms with Gasteiger partial charge < -0.3 is 10.2 Å². The molecule has 2 aromatic rings. The summed E-state index contributed by atoms with van der Waals surface area (Å²) in [5.74, 6) is -0.0736. The SMILES string of the molecule is Fc1cccc(F)c1Cc1nc(N2CCCNCC2)n[nH]1. The highest BCUT2D eigenvalue weighted by molar-refractivity contribution is 5.31. The van der Waals surface area contributed by atoms with E-state index in [1.807, 2.05) is 0 Å². The molecule has 2 heterocycles. The molecule has 0 unspecified atom stereocenters. The zero-order chi connectivity index (χ0) is 14.7. The second-order valence-electron chi connectivity index (χ2n) is 5.05. The Kier molecular flexibility index (Phi) is 4.10. The molecule has 112 valence electrons. The van der Waals surface area contributed by atoms with Crippen molar-refractivity contribution < 1.29 is 8.78 Å². The quantitative estimate of drug-likeness (QED) is 0.900. The van der Waals surface area contributed by atoms with Crippen molar-refractivity contribution in [2.45, 2.75) is 12.8 Å². The lowest BCUT2D eigenvalue weighted by Gasteiger charge is -2.16. The molecular formula is C14H17F2N5. The number of hydrogen-bond donors (Lipinski definition) is 2. The van der Waals surface area contributed by atoms with Crippen LogP contribution in [0.25, 0.3) is 0 Å². The van der Waals surface area contributed by atoms with Gasteiger partial charge in [0.25, 0.3) is 0 Å². The van der Waals surface area contributed by atoms with Crippen LogP contribution in [0.1, 0.15) is 17.8 Å². The van der Waals surface area contributed by atoms with E-state index in [-0.39, 0.29) is 12.0 Å². The summed E-state index contributed by atoms with van der Waals surface area (Å²) in [5, 5.41) is 10.2. The topological polar surface area (TPSA) is 56.8 Å². The Bertz CT molecular complexity index is 585. The van der Waals surface area contributed by atoms with Crippen molar-refractivity contribution in [3.05, 3.63) is 41.2 Å². The van der Waals surface area contributed by atoms with E-state index in [2.05, 4.69) is 25.4 Å². The summed E-state index contributed by atoms with van der Waals surface area (Å²) in [5.41, 5.74) is 0.0118. The summed E-state index contributed by atoms with van der Waals surface area (Å²) in [7, 11) is 0. The highest BCUT2D eigenvalue weighted by Gasteiger charge is 2.16. The minimum atomic E-state index is -0.563. The Balaban J connectivity index is 1.75. The smallest absolute Gasteiger partial charge is 0.244 e. The Morgan fingerprint density at radius 1 is 1.14 bits per heavy atom.